The SMILES string of the molecule is CCCc1nc(S(=O)(=O)Cl)cn1C1CC(C)CC(C)C1. The first kappa shape index (κ1) is 15.8. The van der Waals surface area contributed by atoms with Crippen LogP contribution in [0.25, 0.3) is 0 Å². The van der Waals surface area contributed by atoms with Crippen LogP contribution < -0.4 is 0 Å². The van der Waals surface area contributed by atoms with Crippen molar-refractivity contribution in [2.24, 2.45) is 11.8 Å². The molecule has 2 unspecified atom stereocenters. The first-order chi connectivity index (χ1) is 9.31. The lowest BCUT2D eigenvalue weighted by Crippen LogP contribution is -2.23. The fourth-order valence-corrected chi connectivity index (χ4v) is 4.06. The quantitative estimate of drug-likeness (QED) is 0.794. The summed E-state index contributed by atoms with van der Waals surface area (Å²) < 4.78 is 25.1. The van der Waals surface area contributed by atoms with Gasteiger partial charge in [0.15, 0.2) is 5.03 Å². The topological polar surface area (TPSA) is 52.0 Å². The third kappa shape index (κ3) is 3.55. The summed E-state index contributed by atoms with van der Waals surface area (Å²) in [5.74, 6) is 2.17. The molecule has 20 heavy (non-hydrogen) atoms. The zero-order chi connectivity index (χ0) is 14.9. The van der Waals surface area contributed by atoms with E-state index >= 15 is 0 Å². The molecule has 1 aliphatic carbocycles. The number of aryl methyl sites for hydroxylation is 1. The standard InChI is InChI=1S/C14H23ClN2O2S/c1-4-5-13-16-14(20(15,18)19)9-17(13)12-7-10(2)6-11(3)8-12/h9-12H,4-8H2,1-3H3. The van der Waals surface area contributed by atoms with Crippen molar-refractivity contribution in [3.8, 4) is 0 Å². The van der Waals surface area contributed by atoms with Crippen molar-refractivity contribution >= 4 is 19.7 Å². The van der Waals surface area contributed by atoms with Gasteiger partial charge in [0.1, 0.15) is 5.82 Å². The zero-order valence-corrected chi connectivity index (χ0v) is 13.9. The Morgan fingerprint density at radius 2 is 1.90 bits per heavy atom. The number of hydrogen-bond acceptors (Lipinski definition) is 3. The lowest BCUT2D eigenvalue weighted by Gasteiger charge is -2.33. The van der Waals surface area contributed by atoms with E-state index in [1.807, 2.05) is 0 Å². The van der Waals surface area contributed by atoms with Gasteiger partial charge >= 0.3 is 0 Å². The second-order valence-corrected chi connectivity index (χ2v) is 8.67. The van der Waals surface area contributed by atoms with Gasteiger partial charge in [-0.15, -0.1) is 0 Å². The highest BCUT2D eigenvalue weighted by Gasteiger charge is 2.28. The van der Waals surface area contributed by atoms with Gasteiger partial charge in [0, 0.05) is 29.3 Å². The maximum absolute atomic E-state index is 11.5. The highest BCUT2D eigenvalue weighted by Crippen LogP contribution is 2.37. The molecule has 1 aromatic rings. The van der Waals surface area contributed by atoms with Crippen molar-refractivity contribution in [1.29, 1.82) is 0 Å². The molecule has 0 radical (unpaired) electrons. The summed E-state index contributed by atoms with van der Waals surface area (Å²) in [6, 6.07) is 0.343. The Labute approximate surface area is 126 Å². The van der Waals surface area contributed by atoms with Crippen molar-refractivity contribution in [2.75, 3.05) is 0 Å². The van der Waals surface area contributed by atoms with Crippen LogP contribution in [0, 0.1) is 11.8 Å². The molecular weight excluding hydrogens is 296 g/mol. The van der Waals surface area contributed by atoms with Crippen molar-refractivity contribution < 1.29 is 8.42 Å². The van der Waals surface area contributed by atoms with E-state index in [4.69, 9.17) is 10.7 Å². The summed E-state index contributed by atoms with van der Waals surface area (Å²) in [4.78, 5) is 4.24. The maximum atomic E-state index is 11.5. The molecule has 0 amide bonds. The number of aromatic nitrogens is 2. The van der Waals surface area contributed by atoms with Crippen molar-refractivity contribution in [2.45, 2.75) is 63.9 Å². The summed E-state index contributed by atoms with van der Waals surface area (Å²) >= 11 is 0. The molecule has 2 atom stereocenters. The number of rotatable bonds is 4. The van der Waals surface area contributed by atoms with E-state index in [0.29, 0.717) is 17.9 Å². The van der Waals surface area contributed by atoms with Crippen molar-refractivity contribution in [3.05, 3.63) is 12.0 Å². The van der Waals surface area contributed by atoms with Gasteiger partial charge in [0.05, 0.1) is 0 Å². The van der Waals surface area contributed by atoms with E-state index in [1.165, 1.54) is 6.42 Å². The smallest absolute Gasteiger partial charge is 0.280 e. The summed E-state index contributed by atoms with van der Waals surface area (Å²) in [5, 5.41) is -0.00602. The molecule has 0 aromatic carbocycles. The van der Waals surface area contributed by atoms with Crippen LogP contribution in [0.4, 0.5) is 0 Å². The molecule has 1 aromatic heterocycles. The number of imidazole rings is 1. The largest absolute Gasteiger partial charge is 0.330 e. The number of hydrogen-bond donors (Lipinski definition) is 0. The van der Waals surface area contributed by atoms with Crippen LogP contribution >= 0.6 is 10.7 Å². The summed E-state index contributed by atoms with van der Waals surface area (Å²) in [6.07, 6.45) is 6.76. The molecule has 0 bridgehead atoms. The van der Waals surface area contributed by atoms with E-state index < -0.39 is 9.05 Å². The Kier molecular flexibility index (Phi) is 4.80. The van der Waals surface area contributed by atoms with Crippen molar-refractivity contribution in [3.63, 3.8) is 0 Å². The normalized spacial score (nSPS) is 27.7. The molecule has 4 nitrogen and oxygen atoms in total. The molecule has 0 aliphatic heterocycles. The molecule has 0 N–H and O–H groups in total. The third-order valence-electron chi connectivity index (χ3n) is 4.06. The Hall–Kier alpha value is -0.550. The number of halogens is 1. The average Bonchev–Trinajstić information content (AvgIpc) is 2.72. The van der Waals surface area contributed by atoms with Gasteiger partial charge in [-0.1, -0.05) is 20.8 Å². The van der Waals surface area contributed by atoms with Crippen LogP contribution in [-0.4, -0.2) is 18.0 Å². The van der Waals surface area contributed by atoms with E-state index in [1.54, 1.807) is 6.20 Å². The van der Waals surface area contributed by atoms with Gasteiger partial charge < -0.3 is 4.57 Å². The minimum atomic E-state index is -3.75. The van der Waals surface area contributed by atoms with Crippen LogP contribution in [-0.2, 0) is 15.5 Å². The van der Waals surface area contributed by atoms with E-state index in [2.05, 4.69) is 30.3 Å². The summed E-state index contributed by atoms with van der Waals surface area (Å²) in [5.41, 5.74) is 0. The van der Waals surface area contributed by atoms with Gasteiger partial charge in [-0.25, -0.2) is 13.4 Å². The first-order valence-electron chi connectivity index (χ1n) is 7.33. The minimum absolute atomic E-state index is 0.00602. The lowest BCUT2D eigenvalue weighted by atomic mass is 9.80. The van der Waals surface area contributed by atoms with Gasteiger partial charge in [-0.2, -0.15) is 0 Å². The monoisotopic (exact) mass is 318 g/mol. The van der Waals surface area contributed by atoms with Crippen LogP contribution in [0.3, 0.4) is 0 Å². The Morgan fingerprint density at radius 3 is 2.40 bits per heavy atom. The van der Waals surface area contributed by atoms with Crippen LogP contribution in [0.2, 0.25) is 0 Å². The predicted molar refractivity (Wildman–Crippen MR) is 80.5 cm³/mol. The van der Waals surface area contributed by atoms with E-state index in [0.717, 1.165) is 31.5 Å². The Bertz CT molecular complexity index is 558. The third-order valence-corrected chi connectivity index (χ3v) is 5.23. The van der Waals surface area contributed by atoms with Crippen LogP contribution in [0.15, 0.2) is 11.2 Å². The molecular formula is C14H23ClN2O2S. The fourth-order valence-electron chi connectivity index (χ4n) is 3.38. The van der Waals surface area contributed by atoms with E-state index in [9.17, 15) is 8.42 Å². The molecule has 2 rings (SSSR count). The molecule has 1 saturated carbocycles. The highest BCUT2D eigenvalue weighted by atomic mass is 35.7. The van der Waals surface area contributed by atoms with Gasteiger partial charge in [0.25, 0.3) is 9.05 Å². The number of nitrogens with zero attached hydrogens (tertiary/aromatic N) is 2. The highest BCUT2D eigenvalue weighted by molar-refractivity contribution is 8.13. The minimum Gasteiger partial charge on any atom is -0.330 e. The predicted octanol–water partition coefficient (Wildman–Crippen LogP) is 3.76. The van der Waals surface area contributed by atoms with Crippen LogP contribution in [0.5, 0.6) is 0 Å². The molecule has 114 valence electrons. The van der Waals surface area contributed by atoms with Crippen molar-refractivity contribution in [1.82, 2.24) is 9.55 Å². The van der Waals surface area contributed by atoms with Gasteiger partial charge in [-0.05, 0) is 37.5 Å². The molecule has 1 fully saturated rings. The van der Waals surface area contributed by atoms with E-state index in [-0.39, 0.29) is 5.03 Å². The molecule has 1 heterocycles. The molecule has 0 saturated heterocycles. The second kappa shape index (κ2) is 6.06. The molecule has 1 aliphatic rings. The maximum Gasteiger partial charge on any atom is 0.280 e. The lowest BCUT2D eigenvalue weighted by molar-refractivity contribution is 0.218. The Morgan fingerprint density at radius 1 is 1.30 bits per heavy atom. The second-order valence-electron chi connectivity index (χ2n) is 6.16. The molecule has 6 heteroatoms. The zero-order valence-electron chi connectivity index (χ0n) is 12.3. The van der Waals surface area contributed by atoms with Crippen LogP contribution in [0.1, 0.15) is 58.3 Å². The van der Waals surface area contributed by atoms with Gasteiger partial charge in [-0.3, -0.25) is 0 Å². The summed E-state index contributed by atoms with van der Waals surface area (Å²) in [7, 11) is 1.69. The fraction of sp³-hybridized carbons (Fsp3) is 0.786. The summed E-state index contributed by atoms with van der Waals surface area (Å²) in [6.45, 7) is 6.59. The van der Waals surface area contributed by atoms with Gasteiger partial charge in [0.2, 0.25) is 0 Å². The average molecular weight is 319 g/mol. The Balaban J connectivity index is 2.36. The molecule has 0 spiro atoms. The first-order valence-corrected chi connectivity index (χ1v) is 9.64.